The lowest BCUT2D eigenvalue weighted by Crippen LogP contribution is -2.14. The molecule has 2 N–H and O–H groups in total. The summed E-state index contributed by atoms with van der Waals surface area (Å²) in [6, 6.07) is 8.24. The summed E-state index contributed by atoms with van der Waals surface area (Å²) in [6.45, 7) is 4.60. The first kappa shape index (κ1) is 12.3. The van der Waals surface area contributed by atoms with Crippen LogP contribution in [-0.2, 0) is 17.8 Å². The highest BCUT2D eigenvalue weighted by Gasteiger charge is 2.10. The first-order chi connectivity index (χ1) is 8.56. The molecule has 2 rings (SSSR count). The Morgan fingerprint density at radius 3 is 2.56 bits per heavy atom. The van der Waals surface area contributed by atoms with Crippen molar-refractivity contribution >= 4 is 5.91 Å². The van der Waals surface area contributed by atoms with Crippen LogP contribution in [0.1, 0.15) is 22.5 Å². The normalized spacial score (nSPS) is 10.6. The first-order valence-electron chi connectivity index (χ1n) is 5.79. The van der Waals surface area contributed by atoms with Crippen molar-refractivity contribution in [3.63, 3.8) is 0 Å². The van der Waals surface area contributed by atoms with Gasteiger partial charge < -0.3 is 5.73 Å². The van der Waals surface area contributed by atoms with Gasteiger partial charge in [-0.15, -0.1) is 5.10 Å². The maximum absolute atomic E-state index is 10.9. The van der Waals surface area contributed by atoms with Gasteiger partial charge in [-0.1, -0.05) is 35.0 Å². The van der Waals surface area contributed by atoms with Crippen LogP contribution in [0.5, 0.6) is 0 Å². The molecule has 1 aromatic heterocycles. The Morgan fingerprint density at radius 1 is 1.28 bits per heavy atom. The summed E-state index contributed by atoms with van der Waals surface area (Å²) in [6.07, 6.45) is 0.139. The summed E-state index contributed by atoms with van der Waals surface area (Å²) in [4.78, 5) is 10.9. The highest BCUT2D eigenvalue weighted by molar-refractivity contribution is 5.76. The predicted octanol–water partition coefficient (Wildman–Crippen LogP) is 0.971. The number of benzene rings is 1. The molecular formula is C13H16N4O. The van der Waals surface area contributed by atoms with Gasteiger partial charge >= 0.3 is 0 Å². The molecule has 0 aliphatic rings. The summed E-state index contributed by atoms with van der Waals surface area (Å²) in [5, 5.41) is 8.03. The van der Waals surface area contributed by atoms with Crippen molar-refractivity contribution < 1.29 is 4.79 Å². The SMILES string of the molecule is Cc1ccc(Cn2nnc(CC(N)=O)c2C)cc1. The van der Waals surface area contributed by atoms with E-state index in [1.165, 1.54) is 5.56 Å². The molecule has 0 fully saturated rings. The zero-order chi connectivity index (χ0) is 13.1. The number of carbonyl (C=O) groups is 1. The molecule has 1 heterocycles. The second kappa shape index (κ2) is 5.00. The van der Waals surface area contributed by atoms with Crippen molar-refractivity contribution in [2.75, 3.05) is 0 Å². The Kier molecular flexibility index (Phi) is 3.41. The summed E-state index contributed by atoms with van der Waals surface area (Å²) in [5.41, 5.74) is 9.06. The number of carbonyl (C=O) groups excluding carboxylic acids is 1. The van der Waals surface area contributed by atoms with E-state index in [1.807, 2.05) is 6.92 Å². The van der Waals surface area contributed by atoms with Crippen LogP contribution in [0.15, 0.2) is 24.3 Å². The fourth-order valence-corrected chi connectivity index (χ4v) is 1.74. The molecule has 94 valence electrons. The minimum Gasteiger partial charge on any atom is -0.369 e. The van der Waals surface area contributed by atoms with Gasteiger partial charge in [0.2, 0.25) is 5.91 Å². The fraction of sp³-hybridized carbons (Fsp3) is 0.308. The highest BCUT2D eigenvalue weighted by atomic mass is 16.1. The van der Waals surface area contributed by atoms with Crippen molar-refractivity contribution in [2.24, 2.45) is 5.73 Å². The second-order valence-corrected chi connectivity index (χ2v) is 4.41. The molecule has 0 saturated carbocycles. The molecule has 0 spiro atoms. The molecular weight excluding hydrogens is 228 g/mol. The zero-order valence-corrected chi connectivity index (χ0v) is 10.6. The molecule has 0 unspecified atom stereocenters. The largest absolute Gasteiger partial charge is 0.369 e. The zero-order valence-electron chi connectivity index (χ0n) is 10.6. The van der Waals surface area contributed by atoms with Gasteiger partial charge in [-0.3, -0.25) is 4.79 Å². The number of amides is 1. The van der Waals surface area contributed by atoms with Crippen LogP contribution in [0, 0.1) is 13.8 Å². The van der Waals surface area contributed by atoms with Crippen LogP contribution in [0.3, 0.4) is 0 Å². The molecule has 2 aromatic rings. The average molecular weight is 244 g/mol. The lowest BCUT2D eigenvalue weighted by Gasteiger charge is -2.04. The molecule has 0 saturated heterocycles. The Labute approximate surface area is 106 Å². The number of primary amides is 1. The standard InChI is InChI=1S/C13H16N4O/c1-9-3-5-11(6-4-9)8-17-10(2)12(15-16-17)7-13(14)18/h3-6H,7-8H2,1-2H3,(H2,14,18). The molecule has 5 heteroatoms. The van der Waals surface area contributed by atoms with Crippen LogP contribution in [0.25, 0.3) is 0 Å². The van der Waals surface area contributed by atoms with Gasteiger partial charge in [-0.25, -0.2) is 4.68 Å². The van der Waals surface area contributed by atoms with Gasteiger partial charge in [0.15, 0.2) is 0 Å². The number of nitrogens with two attached hydrogens (primary N) is 1. The van der Waals surface area contributed by atoms with E-state index in [1.54, 1.807) is 4.68 Å². The van der Waals surface area contributed by atoms with Crippen LogP contribution in [0.4, 0.5) is 0 Å². The lowest BCUT2D eigenvalue weighted by atomic mass is 10.1. The summed E-state index contributed by atoms with van der Waals surface area (Å²) >= 11 is 0. The van der Waals surface area contributed by atoms with E-state index in [4.69, 9.17) is 5.73 Å². The van der Waals surface area contributed by atoms with E-state index < -0.39 is 0 Å². The van der Waals surface area contributed by atoms with Gasteiger partial charge in [0.05, 0.1) is 24.4 Å². The third kappa shape index (κ3) is 2.74. The minimum atomic E-state index is -0.388. The fourth-order valence-electron chi connectivity index (χ4n) is 1.74. The van der Waals surface area contributed by atoms with E-state index in [-0.39, 0.29) is 12.3 Å². The molecule has 18 heavy (non-hydrogen) atoms. The second-order valence-electron chi connectivity index (χ2n) is 4.41. The van der Waals surface area contributed by atoms with Crippen LogP contribution >= 0.6 is 0 Å². The van der Waals surface area contributed by atoms with E-state index in [0.717, 1.165) is 11.3 Å². The predicted molar refractivity (Wildman–Crippen MR) is 67.9 cm³/mol. The molecule has 5 nitrogen and oxygen atoms in total. The number of rotatable bonds is 4. The Bertz CT molecular complexity index is 557. The number of aromatic nitrogens is 3. The maximum Gasteiger partial charge on any atom is 0.223 e. The molecule has 0 aliphatic heterocycles. The summed E-state index contributed by atoms with van der Waals surface area (Å²) in [7, 11) is 0. The van der Waals surface area contributed by atoms with Gasteiger partial charge in [0.1, 0.15) is 0 Å². The highest BCUT2D eigenvalue weighted by Crippen LogP contribution is 2.09. The minimum absolute atomic E-state index is 0.139. The van der Waals surface area contributed by atoms with E-state index in [2.05, 4.69) is 41.5 Å². The third-order valence-electron chi connectivity index (χ3n) is 2.87. The van der Waals surface area contributed by atoms with Gasteiger partial charge in [-0.05, 0) is 19.4 Å². The maximum atomic E-state index is 10.9. The van der Waals surface area contributed by atoms with E-state index >= 15 is 0 Å². The Morgan fingerprint density at radius 2 is 1.94 bits per heavy atom. The quantitative estimate of drug-likeness (QED) is 0.871. The number of nitrogens with zero attached hydrogens (tertiary/aromatic N) is 3. The number of hydrogen-bond acceptors (Lipinski definition) is 3. The molecule has 0 aliphatic carbocycles. The Hall–Kier alpha value is -2.17. The first-order valence-corrected chi connectivity index (χ1v) is 5.79. The molecule has 0 radical (unpaired) electrons. The van der Waals surface area contributed by atoms with Crippen LogP contribution < -0.4 is 5.73 Å². The van der Waals surface area contributed by atoms with Gasteiger partial charge in [-0.2, -0.15) is 0 Å². The number of hydrogen-bond donors (Lipinski definition) is 1. The van der Waals surface area contributed by atoms with Crippen molar-refractivity contribution in [3.8, 4) is 0 Å². The van der Waals surface area contributed by atoms with Crippen LogP contribution in [-0.4, -0.2) is 20.9 Å². The van der Waals surface area contributed by atoms with Crippen molar-refractivity contribution in [1.29, 1.82) is 0 Å². The van der Waals surface area contributed by atoms with E-state index in [0.29, 0.717) is 12.2 Å². The lowest BCUT2D eigenvalue weighted by molar-refractivity contribution is -0.117. The monoisotopic (exact) mass is 244 g/mol. The third-order valence-corrected chi connectivity index (χ3v) is 2.87. The van der Waals surface area contributed by atoms with Crippen LogP contribution in [0.2, 0.25) is 0 Å². The van der Waals surface area contributed by atoms with E-state index in [9.17, 15) is 4.79 Å². The average Bonchev–Trinajstić information content (AvgIpc) is 2.64. The van der Waals surface area contributed by atoms with Gasteiger partial charge in [0.25, 0.3) is 0 Å². The molecule has 1 aromatic carbocycles. The van der Waals surface area contributed by atoms with Gasteiger partial charge in [0, 0.05) is 0 Å². The summed E-state index contributed by atoms with van der Waals surface area (Å²) in [5.74, 6) is -0.388. The smallest absolute Gasteiger partial charge is 0.223 e. The van der Waals surface area contributed by atoms with Crippen molar-refractivity contribution in [2.45, 2.75) is 26.8 Å². The topological polar surface area (TPSA) is 73.8 Å². The molecule has 0 atom stereocenters. The molecule has 0 bridgehead atoms. The molecule has 1 amide bonds. The number of aryl methyl sites for hydroxylation is 1. The summed E-state index contributed by atoms with van der Waals surface area (Å²) < 4.78 is 1.78. The van der Waals surface area contributed by atoms with Crippen molar-refractivity contribution in [1.82, 2.24) is 15.0 Å². The Balaban J connectivity index is 2.17. The van der Waals surface area contributed by atoms with Crippen molar-refractivity contribution in [3.05, 3.63) is 46.8 Å².